The number of benzene rings is 2. The van der Waals surface area contributed by atoms with E-state index in [1.807, 2.05) is 6.07 Å². The first-order valence-corrected chi connectivity index (χ1v) is 10.1. The number of aromatic nitrogens is 1. The van der Waals surface area contributed by atoms with Crippen molar-refractivity contribution in [2.24, 2.45) is 0 Å². The van der Waals surface area contributed by atoms with Gasteiger partial charge in [-0.2, -0.15) is 8.78 Å². The molecule has 2 aromatic carbocycles. The summed E-state index contributed by atoms with van der Waals surface area (Å²) in [4.78, 5) is 14.9. The van der Waals surface area contributed by atoms with Gasteiger partial charge < -0.3 is 10.2 Å². The SMILES string of the molecule is Cc1nccc2c1C(F)(F)C2(O)C(C)c1ccc(-c2cccc(CC(=O)O)c2)cc1Cl. The molecule has 0 radical (unpaired) electrons. The predicted octanol–water partition coefficient (Wildman–Crippen LogP) is 5.43. The fourth-order valence-corrected chi connectivity index (χ4v) is 4.75. The topological polar surface area (TPSA) is 70.4 Å². The van der Waals surface area contributed by atoms with Gasteiger partial charge in [-0.05, 0) is 41.3 Å². The van der Waals surface area contributed by atoms with Crippen molar-refractivity contribution in [3.63, 3.8) is 0 Å². The molecule has 0 spiro atoms. The Morgan fingerprint density at radius 3 is 2.55 bits per heavy atom. The van der Waals surface area contributed by atoms with Crippen LogP contribution in [-0.4, -0.2) is 21.2 Å². The molecule has 31 heavy (non-hydrogen) atoms. The minimum atomic E-state index is -3.45. The maximum absolute atomic E-state index is 15.0. The second kappa shape index (κ2) is 7.39. The van der Waals surface area contributed by atoms with Crippen LogP contribution in [0.15, 0.2) is 54.7 Å². The molecule has 1 aliphatic carbocycles. The van der Waals surface area contributed by atoms with Crippen molar-refractivity contribution in [3.8, 4) is 11.1 Å². The number of aliphatic carboxylic acids is 1. The van der Waals surface area contributed by atoms with E-state index in [0.29, 0.717) is 11.1 Å². The molecule has 2 N–H and O–H groups in total. The first kappa shape index (κ1) is 21.4. The van der Waals surface area contributed by atoms with Crippen LogP contribution in [0.2, 0.25) is 5.02 Å². The van der Waals surface area contributed by atoms with Crippen molar-refractivity contribution in [2.45, 2.75) is 37.7 Å². The zero-order valence-corrected chi connectivity index (χ0v) is 17.6. The highest BCUT2D eigenvalue weighted by atomic mass is 35.5. The van der Waals surface area contributed by atoms with Gasteiger partial charge in [0.2, 0.25) is 0 Å². The van der Waals surface area contributed by atoms with E-state index in [1.165, 1.54) is 26.1 Å². The molecule has 4 nitrogen and oxygen atoms in total. The van der Waals surface area contributed by atoms with E-state index >= 15 is 8.78 Å². The number of aryl methyl sites for hydroxylation is 1. The van der Waals surface area contributed by atoms with E-state index in [0.717, 1.165) is 11.1 Å². The molecule has 1 aliphatic rings. The quantitative estimate of drug-likeness (QED) is 0.551. The number of carboxylic acid groups (broad SMARTS) is 1. The van der Waals surface area contributed by atoms with E-state index in [1.54, 1.807) is 36.4 Å². The lowest BCUT2D eigenvalue weighted by Crippen LogP contribution is -2.57. The second-order valence-corrected chi connectivity index (χ2v) is 8.30. The van der Waals surface area contributed by atoms with E-state index in [2.05, 4.69) is 4.98 Å². The number of hydrogen-bond acceptors (Lipinski definition) is 3. The summed E-state index contributed by atoms with van der Waals surface area (Å²) in [6.45, 7) is 3.03. The Morgan fingerprint density at radius 2 is 1.87 bits per heavy atom. The minimum Gasteiger partial charge on any atom is -0.481 e. The molecule has 0 bridgehead atoms. The van der Waals surface area contributed by atoms with E-state index in [-0.39, 0.29) is 28.3 Å². The van der Waals surface area contributed by atoms with Crippen molar-refractivity contribution < 1.29 is 23.8 Å². The average Bonchev–Trinajstić information content (AvgIpc) is 2.72. The summed E-state index contributed by atoms with van der Waals surface area (Å²) >= 11 is 6.47. The maximum Gasteiger partial charge on any atom is 0.308 e. The zero-order valence-electron chi connectivity index (χ0n) is 16.9. The minimum absolute atomic E-state index is 0.105. The molecule has 0 fully saturated rings. The molecule has 160 valence electrons. The summed E-state index contributed by atoms with van der Waals surface area (Å²) < 4.78 is 30.0. The van der Waals surface area contributed by atoms with Gasteiger partial charge in [-0.1, -0.05) is 54.9 Å². The number of alkyl halides is 2. The highest BCUT2D eigenvalue weighted by Crippen LogP contribution is 2.63. The van der Waals surface area contributed by atoms with Gasteiger partial charge in [0.1, 0.15) is 0 Å². The summed E-state index contributed by atoms with van der Waals surface area (Å²) in [6.07, 6.45) is 1.31. The highest BCUT2D eigenvalue weighted by Gasteiger charge is 2.69. The van der Waals surface area contributed by atoms with Crippen LogP contribution >= 0.6 is 11.6 Å². The van der Waals surface area contributed by atoms with Crippen LogP contribution in [0.4, 0.5) is 8.78 Å². The number of fused-ring (bicyclic) bond motifs is 1. The van der Waals surface area contributed by atoms with E-state index in [4.69, 9.17) is 16.7 Å². The fraction of sp³-hybridized carbons (Fsp3) is 0.250. The van der Waals surface area contributed by atoms with Gasteiger partial charge in [-0.3, -0.25) is 9.78 Å². The molecule has 2 atom stereocenters. The zero-order chi connectivity index (χ0) is 22.6. The predicted molar refractivity (Wildman–Crippen MR) is 113 cm³/mol. The van der Waals surface area contributed by atoms with Crippen molar-refractivity contribution in [2.75, 3.05) is 0 Å². The lowest BCUT2D eigenvalue weighted by atomic mass is 9.62. The molecule has 0 aliphatic heterocycles. The first-order valence-electron chi connectivity index (χ1n) is 9.74. The Balaban J connectivity index is 1.70. The standard InChI is InChI=1S/C24H20ClF2NO3/c1-13(23(31)19-8-9-28-14(2)22(19)24(23,26)27)18-7-6-17(12-20(18)25)16-5-3-4-15(10-16)11-21(29)30/h3-10,12-13,31H,11H2,1-2H3,(H,29,30). The van der Waals surface area contributed by atoms with Crippen LogP contribution in [0.1, 0.15) is 40.8 Å². The van der Waals surface area contributed by atoms with Gasteiger partial charge in [0.25, 0.3) is 0 Å². The lowest BCUT2D eigenvalue weighted by Gasteiger charge is -2.50. The van der Waals surface area contributed by atoms with Gasteiger partial charge in [0, 0.05) is 28.4 Å². The van der Waals surface area contributed by atoms with Gasteiger partial charge in [0.15, 0.2) is 5.60 Å². The van der Waals surface area contributed by atoms with E-state index < -0.39 is 23.4 Å². The third kappa shape index (κ3) is 3.22. The smallest absolute Gasteiger partial charge is 0.308 e. The van der Waals surface area contributed by atoms with Crippen LogP contribution in [0.25, 0.3) is 11.1 Å². The monoisotopic (exact) mass is 443 g/mol. The normalized spacial score (nSPS) is 19.9. The Morgan fingerprint density at radius 1 is 1.16 bits per heavy atom. The lowest BCUT2D eigenvalue weighted by molar-refractivity contribution is -0.237. The van der Waals surface area contributed by atoms with Crippen LogP contribution in [0.3, 0.4) is 0 Å². The number of carboxylic acids is 1. The van der Waals surface area contributed by atoms with Gasteiger partial charge in [0.05, 0.1) is 12.0 Å². The third-order valence-corrected chi connectivity index (χ3v) is 6.38. The second-order valence-electron chi connectivity index (χ2n) is 7.89. The van der Waals surface area contributed by atoms with Gasteiger partial charge in [-0.25, -0.2) is 0 Å². The van der Waals surface area contributed by atoms with Crippen molar-refractivity contribution in [1.82, 2.24) is 4.98 Å². The Hall–Kier alpha value is -2.83. The van der Waals surface area contributed by atoms with Crippen LogP contribution < -0.4 is 0 Å². The molecule has 1 aromatic heterocycles. The fourth-order valence-electron chi connectivity index (χ4n) is 4.40. The molecular formula is C24H20ClF2NO3. The molecular weight excluding hydrogens is 424 g/mol. The largest absolute Gasteiger partial charge is 0.481 e. The number of carbonyl (C=O) groups is 1. The summed E-state index contributed by atoms with van der Waals surface area (Å²) in [7, 11) is 0. The van der Waals surface area contributed by atoms with E-state index in [9.17, 15) is 9.90 Å². The van der Waals surface area contributed by atoms with Crippen LogP contribution in [0, 0.1) is 6.92 Å². The van der Waals surface area contributed by atoms with Crippen LogP contribution in [-0.2, 0) is 22.7 Å². The Kier molecular flexibility index (Phi) is 5.10. The molecule has 0 saturated carbocycles. The summed E-state index contributed by atoms with van der Waals surface area (Å²) in [5.41, 5.74) is 0.272. The molecule has 3 aromatic rings. The number of nitrogens with zero attached hydrogens (tertiary/aromatic N) is 1. The Labute approximate surface area is 183 Å². The molecule has 4 rings (SSSR count). The number of halogens is 3. The van der Waals surface area contributed by atoms with Gasteiger partial charge in [-0.15, -0.1) is 0 Å². The summed E-state index contributed by atoms with van der Waals surface area (Å²) in [5, 5.41) is 20.3. The number of pyridine rings is 1. The number of aliphatic hydroxyl groups is 1. The summed E-state index contributed by atoms with van der Waals surface area (Å²) in [6, 6.07) is 13.5. The van der Waals surface area contributed by atoms with Crippen molar-refractivity contribution in [3.05, 3.63) is 87.7 Å². The van der Waals surface area contributed by atoms with Crippen molar-refractivity contribution in [1.29, 1.82) is 0 Å². The third-order valence-electron chi connectivity index (χ3n) is 6.05. The molecule has 1 heterocycles. The summed E-state index contributed by atoms with van der Waals surface area (Å²) in [5.74, 6) is -5.36. The first-order chi connectivity index (χ1) is 14.6. The molecule has 0 saturated heterocycles. The molecule has 0 amide bonds. The van der Waals surface area contributed by atoms with Crippen LogP contribution in [0.5, 0.6) is 0 Å². The number of rotatable bonds is 5. The Bertz CT molecular complexity index is 1200. The van der Waals surface area contributed by atoms with Gasteiger partial charge >= 0.3 is 11.9 Å². The molecule has 7 heteroatoms. The average molecular weight is 444 g/mol. The number of hydrogen-bond donors (Lipinski definition) is 2. The molecule has 2 unspecified atom stereocenters. The maximum atomic E-state index is 15.0. The highest BCUT2D eigenvalue weighted by molar-refractivity contribution is 6.31. The van der Waals surface area contributed by atoms with Crippen molar-refractivity contribution >= 4 is 17.6 Å².